The number of nitrogens with one attached hydrogen (secondary N) is 2. The summed E-state index contributed by atoms with van der Waals surface area (Å²) in [6.07, 6.45) is 5.41. The number of carbonyl (C=O) groups is 1. The zero-order valence-electron chi connectivity index (χ0n) is 14.9. The number of aromatic nitrogens is 2. The van der Waals surface area contributed by atoms with E-state index >= 15 is 0 Å². The number of rotatable bonds is 6. The first-order chi connectivity index (χ1) is 12.1. The summed E-state index contributed by atoms with van der Waals surface area (Å²) in [6.45, 7) is 5.24. The number of methoxy groups -OCH3 is 1. The maximum atomic E-state index is 12.5. The average Bonchev–Trinajstić information content (AvgIpc) is 3.11. The van der Waals surface area contributed by atoms with Gasteiger partial charge in [0.25, 0.3) is 5.91 Å². The molecule has 2 N–H and O–H groups in total. The minimum Gasteiger partial charge on any atom is -0.384 e. The van der Waals surface area contributed by atoms with Crippen LogP contribution in [0.15, 0.2) is 36.7 Å². The molecule has 1 fully saturated rings. The van der Waals surface area contributed by atoms with Crippen molar-refractivity contribution < 1.29 is 9.53 Å². The molecule has 6 heteroatoms. The van der Waals surface area contributed by atoms with Crippen molar-refractivity contribution in [1.29, 1.82) is 0 Å². The van der Waals surface area contributed by atoms with Gasteiger partial charge in [0, 0.05) is 25.3 Å². The maximum absolute atomic E-state index is 12.5. The van der Waals surface area contributed by atoms with Crippen molar-refractivity contribution in [1.82, 2.24) is 20.4 Å². The van der Waals surface area contributed by atoms with E-state index in [9.17, 15) is 4.79 Å². The lowest BCUT2D eigenvalue weighted by Gasteiger charge is -2.37. The Morgan fingerprint density at radius 3 is 2.84 bits per heavy atom. The minimum atomic E-state index is -0.0890. The minimum absolute atomic E-state index is 0.0155. The summed E-state index contributed by atoms with van der Waals surface area (Å²) >= 11 is 0. The monoisotopic (exact) mass is 342 g/mol. The molecule has 0 spiro atoms. The second-order valence-corrected chi connectivity index (χ2v) is 6.83. The molecule has 0 atom stereocenters. The second-order valence-electron chi connectivity index (χ2n) is 6.83. The molecule has 3 rings (SSSR count). The van der Waals surface area contributed by atoms with Gasteiger partial charge in [-0.25, -0.2) is 4.68 Å². The fourth-order valence-corrected chi connectivity index (χ4v) is 3.40. The molecule has 6 nitrogen and oxygen atoms in total. The number of para-hydroxylation sites is 1. The highest BCUT2D eigenvalue weighted by molar-refractivity contribution is 5.93. The highest BCUT2D eigenvalue weighted by Crippen LogP contribution is 2.28. The molecule has 0 radical (unpaired) electrons. The predicted molar refractivity (Wildman–Crippen MR) is 97.0 cm³/mol. The molecule has 0 bridgehead atoms. The van der Waals surface area contributed by atoms with Crippen molar-refractivity contribution in [2.75, 3.05) is 33.4 Å². The SMILES string of the molecule is COCC1(CNC(=O)c2cnn(-c3ccccc3C)c2)CCNCC1. The van der Waals surface area contributed by atoms with Crippen LogP contribution in [0.2, 0.25) is 0 Å². The van der Waals surface area contributed by atoms with Crippen molar-refractivity contribution in [3.8, 4) is 5.69 Å². The van der Waals surface area contributed by atoms with Crippen LogP contribution in [0.5, 0.6) is 0 Å². The maximum Gasteiger partial charge on any atom is 0.254 e. The third kappa shape index (κ3) is 4.08. The van der Waals surface area contributed by atoms with E-state index in [4.69, 9.17) is 4.74 Å². The average molecular weight is 342 g/mol. The molecule has 0 aliphatic carbocycles. The molecular formula is C19H26N4O2. The molecule has 1 amide bonds. The van der Waals surface area contributed by atoms with E-state index in [0.717, 1.165) is 37.2 Å². The van der Waals surface area contributed by atoms with E-state index in [1.165, 1.54) is 0 Å². The molecule has 1 aromatic carbocycles. The zero-order chi connectivity index (χ0) is 17.7. The number of ether oxygens (including phenoxy) is 1. The van der Waals surface area contributed by atoms with Crippen molar-refractivity contribution in [2.45, 2.75) is 19.8 Å². The van der Waals surface area contributed by atoms with Gasteiger partial charge in [0.15, 0.2) is 0 Å². The Morgan fingerprint density at radius 2 is 2.12 bits per heavy atom. The van der Waals surface area contributed by atoms with Gasteiger partial charge < -0.3 is 15.4 Å². The second kappa shape index (κ2) is 7.80. The number of piperidine rings is 1. The molecule has 0 saturated carbocycles. The van der Waals surface area contributed by atoms with Crippen LogP contribution in [0.4, 0.5) is 0 Å². The van der Waals surface area contributed by atoms with Crippen LogP contribution in [-0.4, -0.2) is 49.0 Å². The van der Waals surface area contributed by atoms with Gasteiger partial charge in [0.1, 0.15) is 0 Å². The third-order valence-corrected chi connectivity index (χ3v) is 4.95. The number of hydrogen-bond donors (Lipinski definition) is 2. The van der Waals surface area contributed by atoms with Crippen LogP contribution in [0, 0.1) is 12.3 Å². The number of benzene rings is 1. The van der Waals surface area contributed by atoms with E-state index in [2.05, 4.69) is 15.7 Å². The molecule has 2 aromatic rings. The zero-order valence-corrected chi connectivity index (χ0v) is 14.9. The molecule has 25 heavy (non-hydrogen) atoms. The largest absolute Gasteiger partial charge is 0.384 e. The Hall–Kier alpha value is -2.18. The molecule has 1 aromatic heterocycles. The first-order valence-corrected chi connectivity index (χ1v) is 8.72. The number of amides is 1. The normalized spacial score (nSPS) is 16.6. The molecule has 0 unspecified atom stereocenters. The summed E-state index contributed by atoms with van der Waals surface area (Å²) in [5, 5.41) is 10.8. The van der Waals surface area contributed by atoms with Crippen molar-refractivity contribution >= 4 is 5.91 Å². The topological polar surface area (TPSA) is 68.2 Å². The number of hydrogen-bond acceptors (Lipinski definition) is 4. The van der Waals surface area contributed by atoms with E-state index in [1.54, 1.807) is 24.2 Å². The van der Waals surface area contributed by atoms with Gasteiger partial charge in [0.2, 0.25) is 0 Å². The van der Waals surface area contributed by atoms with E-state index in [-0.39, 0.29) is 11.3 Å². The molecular weight excluding hydrogens is 316 g/mol. The lowest BCUT2D eigenvalue weighted by molar-refractivity contribution is 0.0512. The molecule has 134 valence electrons. The highest BCUT2D eigenvalue weighted by Gasteiger charge is 2.32. The van der Waals surface area contributed by atoms with Crippen LogP contribution in [0.3, 0.4) is 0 Å². The fourth-order valence-electron chi connectivity index (χ4n) is 3.40. The van der Waals surface area contributed by atoms with Gasteiger partial charge >= 0.3 is 0 Å². The van der Waals surface area contributed by atoms with Gasteiger partial charge in [-0.05, 0) is 44.5 Å². The van der Waals surface area contributed by atoms with E-state index in [1.807, 2.05) is 31.2 Å². The Labute approximate surface area is 148 Å². The van der Waals surface area contributed by atoms with Crippen molar-refractivity contribution in [3.05, 3.63) is 47.8 Å². The highest BCUT2D eigenvalue weighted by atomic mass is 16.5. The number of carbonyl (C=O) groups excluding carboxylic acids is 1. The lowest BCUT2D eigenvalue weighted by atomic mass is 9.79. The Kier molecular flexibility index (Phi) is 5.50. The van der Waals surface area contributed by atoms with Gasteiger partial charge in [-0.15, -0.1) is 0 Å². The summed E-state index contributed by atoms with van der Waals surface area (Å²) in [7, 11) is 1.72. The van der Waals surface area contributed by atoms with E-state index in [0.29, 0.717) is 18.7 Å². The lowest BCUT2D eigenvalue weighted by Crippen LogP contribution is -2.47. The smallest absolute Gasteiger partial charge is 0.254 e. The quantitative estimate of drug-likeness (QED) is 0.842. The van der Waals surface area contributed by atoms with Crippen LogP contribution in [-0.2, 0) is 4.74 Å². The summed E-state index contributed by atoms with van der Waals surface area (Å²) in [5.74, 6) is -0.0890. The van der Waals surface area contributed by atoms with Gasteiger partial charge in [-0.1, -0.05) is 18.2 Å². The third-order valence-electron chi connectivity index (χ3n) is 4.95. The Balaban J connectivity index is 1.66. The van der Waals surface area contributed by atoms with Crippen LogP contribution >= 0.6 is 0 Å². The molecule has 1 aliphatic heterocycles. The summed E-state index contributed by atoms with van der Waals surface area (Å²) in [5.41, 5.74) is 2.69. The van der Waals surface area contributed by atoms with Gasteiger partial charge in [-0.2, -0.15) is 5.10 Å². The predicted octanol–water partition coefficient (Wildman–Crippen LogP) is 1.93. The summed E-state index contributed by atoms with van der Waals surface area (Å²) < 4.78 is 7.15. The van der Waals surface area contributed by atoms with E-state index < -0.39 is 0 Å². The standard InChI is InChI=1S/C19H26N4O2/c1-15-5-3-4-6-17(15)23-12-16(11-22-23)18(24)21-13-19(14-25-2)7-9-20-10-8-19/h3-6,11-12,20H,7-10,13-14H2,1-2H3,(H,21,24). The van der Waals surface area contributed by atoms with Crippen molar-refractivity contribution in [3.63, 3.8) is 0 Å². The van der Waals surface area contributed by atoms with Crippen LogP contribution in [0.25, 0.3) is 5.69 Å². The van der Waals surface area contributed by atoms with Crippen molar-refractivity contribution in [2.24, 2.45) is 5.41 Å². The molecule has 1 saturated heterocycles. The Bertz CT molecular complexity index is 714. The fraction of sp³-hybridized carbons (Fsp3) is 0.474. The van der Waals surface area contributed by atoms with Crippen LogP contribution < -0.4 is 10.6 Å². The Morgan fingerprint density at radius 1 is 1.36 bits per heavy atom. The summed E-state index contributed by atoms with van der Waals surface area (Å²) in [4.78, 5) is 12.5. The van der Waals surface area contributed by atoms with Gasteiger partial charge in [0.05, 0.1) is 24.1 Å². The van der Waals surface area contributed by atoms with Gasteiger partial charge in [-0.3, -0.25) is 4.79 Å². The molecule has 2 heterocycles. The number of aryl methyl sites for hydroxylation is 1. The molecule has 1 aliphatic rings. The van der Waals surface area contributed by atoms with Crippen LogP contribution in [0.1, 0.15) is 28.8 Å². The first kappa shape index (κ1) is 17.6. The summed E-state index contributed by atoms with van der Waals surface area (Å²) in [6, 6.07) is 7.98. The number of nitrogens with zero attached hydrogens (tertiary/aromatic N) is 2. The first-order valence-electron chi connectivity index (χ1n) is 8.72.